The summed E-state index contributed by atoms with van der Waals surface area (Å²) in [5.41, 5.74) is 22.8. The van der Waals surface area contributed by atoms with E-state index in [1.54, 1.807) is 0 Å². The van der Waals surface area contributed by atoms with Gasteiger partial charge in [-0.15, -0.1) is 0 Å². The number of aromatic nitrogens is 4. The fourth-order valence-corrected chi connectivity index (χ4v) is 4.97. The SMILES string of the molecule is NC(=O)c1cc(OCCCOCc2ccccc2)c2c(c1)nc(N)n2CC(F)C(F)C(F)(F)n1c(N)nc2cc(C(N)=O)ccc21. The van der Waals surface area contributed by atoms with Crippen LogP contribution in [0.15, 0.2) is 60.7 Å². The molecule has 2 amide bonds. The molecule has 12 nitrogen and oxygen atoms in total. The van der Waals surface area contributed by atoms with Crippen molar-refractivity contribution >= 4 is 45.8 Å². The lowest BCUT2D eigenvalue weighted by atomic mass is 10.1. The van der Waals surface area contributed by atoms with Crippen LogP contribution in [0, 0.1) is 0 Å². The van der Waals surface area contributed by atoms with E-state index in [2.05, 4.69) is 9.97 Å². The molecule has 8 N–H and O–H groups in total. The van der Waals surface area contributed by atoms with Crippen molar-refractivity contribution < 1.29 is 36.6 Å². The van der Waals surface area contributed by atoms with E-state index in [-0.39, 0.29) is 56.1 Å². The van der Waals surface area contributed by atoms with Crippen molar-refractivity contribution in [1.29, 1.82) is 0 Å². The molecule has 0 saturated carbocycles. The molecule has 0 radical (unpaired) electrons. The molecule has 46 heavy (non-hydrogen) atoms. The van der Waals surface area contributed by atoms with Gasteiger partial charge in [-0.05, 0) is 35.9 Å². The highest BCUT2D eigenvalue weighted by atomic mass is 19.3. The molecule has 2 aromatic heterocycles. The van der Waals surface area contributed by atoms with Gasteiger partial charge in [-0.1, -0.05) is 30.3 Å². The van der Waals surface area contributed by atoms with Crippen LogP contribution in [0.25, 0.3) is 22.1 Å². The van der Waals surface area contributed by atoms with Crippen molar-refractivity contribution in [2.75, 3.05) is 24.7 Å². The first-order valence-electron chi connectivity index (χ1n) is 14.0. The largest absolute Gasteiger partial charge is 0.491 e. The van der Waals surface area contributed by atoms with Gasteiger partial charge in [0, 0.05) is 17.5 Å². The number of amides is 2. The zero-order valence-corrected chi connectivity index (χ0v) is 24.2. The van der Waals surface area contributed by atoms with Gasteiger partial charge in [0.25, 0.3) is 0 Å². The first-order chi connectivity index (χ1) is 21.9. The van der Waals surface area contributed by atoms with E-state index in [4.69, 9.17) is 32.4 Å². The molecule has 0 aliphatic carbocycles. The van der Waals surface area contributed by atoms with E-state index < -0.39 is 42.7 Å². The molecule has 5 aromatic rings. The van der Waals surface area contributed by atoms with Gasteiger partial charge in [-0.2, -0.15) is 8.78 Å². The number of primary amides is 2. The van der Waals surface area contributed by atoms with E-state index in [1.807, 2.05) is 30.3 Å². The molecule has 0 saturated heterocycles. The average Bonchev–Trinajstić information content (AvgIpc) is 3.53. The van der Waals surface area contributed by atoms with Crippen LogP contribution in [0.2, 0.25) is 0 Å². The maximum atomic E-state index is 15.5. The molecule has 2 atom stereocenters. The maximum Gasteiger partial charge on any atom is 0.366 e. The van der Waals surface area contributed by atoms with E-state index in [9.17, 15) is 9.59 Å². The second-order valence-corrected chi connectivity index (χ2v) is 10.4. The molecule has 0 aliphatic heterocycles. The van der Waals surface area contributed by atoms with Crippen molar-refractivity contribution in [3.8, 4) is 5.75 Å². The molecule has 16 heteroatoms. The number of nitrogens with zero attached hydrogens (tertiary/aromatic N) is 4. The average molecular weight is 643 g/mol. The number of anilines is 2. The highest BCUT2D eigenvalue weighted by molar-refractivity contribution is 5.99. The number of rotatable bonds is 14. The third-order valence-electron chi connectivity index (χ3n) is 7.19. The van der Waals surface area contributed by atoms with Crippen molar-refractivity contribution in [3.63, 3.8) is 0 Å². The zero-order chi connectivity index (χ0) is 33.2. The number of fused-ring (bicyclic) bond motifs is 2. The molecular weight excluding hydrogens is 612 g/mol. The molecule has 242 valence electrons. The number of benzene rings is 3. The van der Waals surface area contributed by atoms with Gasteiger partial charge in [0.1, 0.15) is 11.3 Å². The Kier molecular flexibility index (Phi) is 9.00. The minimum Gasteiger partial charge on any atom is -0.491 e. The number of nitrogen functional groups attached to an aromatic ring is 2. The van der Waals surface area contributed by atoms with Gasteiger partial charge in [-0.25, -0.2) is 23.3 Å². The third kappa shape index (κ3) is 6.37. The standard InChI is InChI=1S/C30H30F4N8O4/c31-19(25(32)30(33,34)42-22-8-7-17(26(35)43)11-20(22)39-29(42)38)14-41-24-21(40-28(41)37)12-18(27(36)44)13-23(24)46-10-4-9-45-15-16-5-2-1-3-6-16/h1-3,5-8,11-13,19,25H,4,9-10,14-15H2,(H2,35,43)(H2,36,44)(H2,37,40)(H2,38,39). The number of nitrogens with two attached hydrogens (primary N) is 4. The zero-order valence-electron chi connectivity index (χ0n) is 24.2. The summed E-state index contributed by atoms with van der Waals surface area (Å²) in [7, 11) is 0. The predicted octanol–water partition coefficient (Wildman–Crippen LogP) is 3.66. The fraction of sp³-hybridized carbons (Fsp3) is 0.267. The molecule has 0 fully saturated rings. The Morgan fingerprint density at radius 2 is 1.54 bits per heavy atom. The number of hydrogen-bond donors (Lipinski definition) is 4. The van der Waals surface area contributed by atoms with Gasteiger partial charge < -0.3 is 37.0 Å². The van der Waals surface area contributed by atoms with Crippen molar-refractivity contribution in [3.05, 3.63) is 77.4 Å². The quantitative estimate of drug-likeness (QED) is 0.104. The van der Waals surface area contributed by atoms with Crippen LogP contribution in [0.3, 0.4) is 0 Å². The highest BCUT2D eigenvalue weighted by Gasteiger charge is 2.49. The second-order valence-electron chi connectivity index (χ2n) is 10.4. The Hall–Kier alpha value is -5.38. The monoisotopic (exact) mass is 642 g/mol. The molecule has 5 rings (SSSR count). The van der Waals surface area contributed by atoms with Crippen LogP contribution in [-0.2, 0) is 23.9 Å². The summed E-state index contributed by atoms with van der Waals surface area (Å²) >= 11 is 0. The van der Waals surface area contributed by atoms with Crippen LogP contribution < -0.4 is 27.7 Å². The Bertz CT molecular complexity index is 1900. The molecular formula is C30H30F4N8O4. The van der Waals surface area contributed by atoms with Gasteiger partial charge in [0.15, 0.2) is 6.17 Å². The summed E-state index contributed by atoms with van der Waals surface area (Å²) in [6.07, 6.45) is -5.90. The van der Waals surface area contributed by atoms with Crippen LogP contribution in [0.1, 0.15) is 32.7 Å². The number of alkyl halides is 4. The normalized spacial score (nSPS) is 13.2. The van der Waals surface area contributed by atoms with E-state index in [0.29, 0.717) is 19.6 Å². The Morgan fingerprint density at radius 1 is 0.870 bits per heavy atom. The topological polar surface area (TPSA) is 192 Å². The first kappa shape index (κ1) is 32.0. The number of imidazole rings is 2. The van der Waals surface area contributed by atoms with Crippen LogP contribution in [0.4, 0.5) is 29.5 Å². The molecule has 2 heterocycles. The molecule has 0 spiro atoms. The summed E-state index contributed by atoms with van der Waals surface area (Å²) in [4.78, 5) is 31.3. The summed E-state index contributed by atoms with van der Waals surface area (Å²) in [5, 5.41) is 0. The maximum absolute atomic E-state index is 15.5. The first-order valence-corrected chi connectivity index (χ1v) is 14.0. The number of ether oxygens (including phenoxy) is 2. The minimum absolute atomic E-state index is 0.00105. The lowest BCUT2D eigenvalue weighted by Crippen LogP contribution is -2.42. The van der Waals surface area contributed by atoms with Crippen molar-refractivity contribution in [2.24, 2.45) is 11.5 Å². The van der Waals surface area contributed by atoms with Crippen LogP contribution in [0.5, 0.6) is 5.75 Å². The van der Waals surface area contributed by atoms with E-state index >= 15 is 17.6 Å². The lowest BCUT2D eigenvalue weighted by molar-refractivity contribution is -0.160. The highest BCUT2D eigenvalue weighted by Crippen LogP contribution is 2.38. The van der Waals surface area contributed by atoms with Crippen molar-refractivity contribution in [1.82, 2.24) is 19.1 Å². The predicted molar refractivity (Wildman–Crippen MR) is 162 cm³/mol. The lowest BCUT2D eigenvalue weighted by Gasteiger charge is -2.26. The number of halogens is 4. The summed E-state index contributed by atoms with van der Waals surface area (Å²) in [6, 6.07) is 10.8. The van der Waals surface area contributed by atoms with Gasteiger partial charge >= 0.3 is 6.05 Å². The van der Waals surface area contributed by atoms with Gasteiger partial charge in [0.05, 0.1) is 42.9 Å². The van der Waals surface area contributed by atoms with Gasteiger partial charge in [0.2, 0.25) is 29.9 Å². The van der Waals surface area contributed by atoms with E-state index in [0.717, 1.165) is 28.3 Å². The molecule has 3 aromatic carbocycles. The third-order valence-corrected chi connectivity index (χ3v) is 7.19. The van der Waals surface area contributed by atoms with Crippen molar-refractivity contribution in [2.45, 2.75) is 38.0 Å². The number of hydrogen-bond acceptors (Lipinski definition) is 8. The minimum atomic E-state index is -4.53. The van der Waals surface area contributed by atoms with E-state index in [1.165, 1.54) is 12.1 Å². The Morgan fingerprint density at radius 3 is 2.24 bits per heavy atom. The second kappa shape index (κ2) is 12.9. The Labute approximate surface area is 258 Å². The van der Waals surface area contributed by atoms with Crippen LogP contribution >= 0.6 is 0 Å². The Balaban J connectivity index is 1.36. The molecule has 2 unspecified atom stereocenters. The van der Waals surface area contributed by atoms with Gasteiger partial charge in [-0.3, -0.25) is 9.59 Å². The fourth-order valence-electron chi connectivity index (χ4n) is 4.97. The number of carbonyl (C=O) groups excluding carboxylic acids is 2. The molecule has 0 aliphatic rings. The summed E-state index contributed by atoms with van der Waals surface area (Å²) in [5.74, 6) is -2.82. The smallest absolute Gasteiger partial charge is 0.366 e. The summed E-state index contributed by atoms with van der Waals surface area (Å²) in [6.45, 7) is -0.238. The summed E-state index contributed by atoms with van der Waals surface area (Å²) < 4.78 is 74.4. The van der Waals surface area contributed by atoms with Crippen LogP contribution in [-0.4, -0.2) is 56.5 Å². The molecule has 0 bridgehead atoms. The number of carbonyl (C=O) groups is 2.